The van der Waals surface area contributed by atoms with Gasteiger partial charge in [-0.1, -0.05) is 6.07 Å². The highest BCUT2D eigenvalue weighted by atomic mass is 19.4. The molecule has 0 spiro atoms. The predicted molar refractivity (Wildman–Crippen MR) is 74.9 cm³/mol. The Labute approximate surface area is 128 Å². The Hall–Kier alpha value is -2.58. The lowest BCUT2D eigenvalue weighted by atomic mass is 10.0. The first-order valence-corrected chi connectivity index (χ1v) is 6.48. The summed E-state index contributed by atoms with van der Waals surface area (Å²) in [4.78, 5) is 12.2. The Morgan fingerprint density at radius 3 is 2.17 bits per heavy atom. The molecular weight excluding hydrogens is 311 g/mol. The standard InChI is InChI=1S/C15H10F3N3O2/c16-15(17,18)14(22,23)10-3-4-19-12(8-10)9-1-2-11-13(7-9)21-6-5-20-11/h1-8,22-23H. The van der Waals surface area contributed by atoms with Gasteiger partial charge in [0.1, 0.15) is 0 Å². The van der Waals surface area contributed by atoms with Crippen LogP contribution in [0.4, 0.5) is 13.2 Å². The van der Waals surface area contributed by atoms with Crippen molar-refractivity contribution in [2.24, 2.45) is 0 Å². The van der Waals surface area contributed by atoms with Gasteiger partial charge >= 0.3 is 6.18 Å². The third-order valence-corrected chi connectivity index (χ3v) is 3.32. The number of fused-ring (bicyclic) bond motifs is 1. The summed E-state index contributed by atoms with van der Waals surface area (Å²) in [6, 6.07) is 6.76. The molecule has 0 aliphatic carbocycles. The molecule has 0 aliphatic heterocycles. The van der Waals surface area contributed by atoms with Crippen LogP contribution < -0.4 is 0 Å². The summed E-state index contributed by atoms with van der Waals surface area (Å²) < 4.78 is 38.2. The minimum atomic E-state index is -5.22. The number of rotatable bonds is 2. The Morgan fingerprint density at radius 1 is 0.783 bits per heavy atom. The Balaban J connectivity index is 2.08. The maximum atomic E-state index is 12.7. The Bertz CT molecular complexity index is 866. The molecule has 0 atom stereocenters. The second-order valence-electron chi connectivity index (χ2n) is 4.86. The van der Waals surface area contributed by atoms with E-state index in [1.807, 2.05) is 0 Å². The van der Waals surface area contributed by atoms with Gasteiger partial charge in [0.15, 0.2) is 0 Å². The maximum absolute atomic E-state index is 12.7. The van der Waals surface area contributed by atoms with Crippen molar-refractivity contribution in [2.45, 2.75) is 12.0 Å². The molecule has 3 aromatic rings. The molecule has 8 heteroatoms. The second-order valence-corrected chi connectivity index (χ2v) is 4.86. The van der Waals surface area contributed by atoms with Gasteiger partial charge in [-0.25, -0.2) is 0 Å². The number of benzene rings is 1. The summed E-state index contributed by atoms with van der Waals surface area (Å²) in [6.07, 6.45) is -1.12. The molecule has 0 radical (unpaired) electrons. The van der Waals surface area contributed by atoms with E-state index in [1.165, 1.54) is 12.4 Å². The Morgan fingerprint density at radius 2 is 1.48 bits per heavy atom. The van der Waals surface area contributed by atoms with Gasteiger partial charge in [-0.2, -0.15) is 13.2 Å². The van der Waals surface area contributed by atoms with Gasteiger partial charge in [0.2, 0.25) is 0 Å². The van der Waals surface area contributed by atoms with E-state index in [2.05, 4.69) is 15.0 Å². The van der Waals surface area contributed by atoms with Crippen molar-refractivity contribution in [1.29, 1.82) is 0 Å². The first kappa shape index (κ1) is 15.3. The van der Waals surface area contributed by atoms with Crippen LogP contribution in [0.25, 0.3) is 22.3 Å². The first-order chi connectivity index (χ1) is 10.8. The highest BCUT2D eigenvalue weighted by molar-refractivity contribution is 5.80. The number of aromatic nitrogens is 3. The number of pyridine rings is 1. The molecule has 3 rings (SSSR count). The lowest BCUT2D eigenvalue weighted by molar-refractivity contribution is -0.358. The third kappa shape index (κ3) is 2.73. The largest absolute Gasteiger partial charge is 0.447 e. The molecule has 2 N–H and O–H groups in total. The van der Waals surface area contributed by atoms with E-state index in [0.29, 0.717) is 16.6 Å². The van der Waals surface area contributed by atoms with E-state index >= 15 is 0 Å². The molecule has 118 valence electrons. The molecule has 2 aromatic heterocycles. The third-order valence-electron chi connectivity index (χ3n) is 3.32. The molecule has 0 amide bonds. The van der Waals surface area contributed by atoms with Gasteiger partial charge in [-0.15, -0.1) is 0 Å². The minimum absolute atomic E-state index is 0.159. The van der Waals surface area contributed by atoms with Crippen LogP contribution in [0.3, 0.4) is 0 Å². The molecule has 0 saturated heterocycles. The highest BCUT2D eigenvalue weighted by Crippen LogP contribution is 2.37. The van der Waals surface area contributed by atoms with Crippen molar-refractivity contribution in [2.75, 3.05) is 0 Å². The Kier molecular flexibility index (Phi) is 3.50. The number of halogens is 3. The van der Waals surface area contributed by atoms with E-state index in [0.717, 1.165) is 18.3 Å². The molecular formula is C15H10F3N3O2. The number of aliphatic hydroxyl groups is 2. The zero-order chi connectivity index (χ0) is 16.7. The fraction of sp³-hybridized carbons (Fsp3) is 0.133. The van der Waals surface area contributed by atoms with E-state index in [-0.39, 0.29) is 5.69 Å². The van der Waals surface area contributed by atoms with Crippen molar-refractivity contribution in [3.63, 3.8) is 0 Å². The van der Waals surface area contributed by atoms with E-state index in [1.54, 1.807) is 18.2 Å². The quantitative estimate of drug-likeness (QED) is 0.709. The predicted octanol–water partition coefficient (Wildman–Crippen LogP) is 2.39. The summed E-state index contributed by atoms with van der Waals surface area (Å²) in [7, 11) is 0. The fourth-order valence-corrected chi connectivity index (χ4v) is 2.09. The lowest BCUT2D eigenvalue weighted by Gasteiger charge is -2.24. The minimum Gasteiger partial charge on any atom is -0.355 e. The summed E-state index contributed by atoms with van der Waals surface area (Å²) >= 11 is 0. The summed E-state index contributed by atoms with van der Waals surface area (Å²) in [5.74, 6) is -3.94. The van der Waals surface area contributed by atoms with Crippen LogP contribution in [0.15, 0.2) is 48.9 Å². The monoisotopic (exact) mass is 321 g/mol. The molecule has 0 bridgehead atoms. The highest BCUT2D eigenvalue weighted by Gasteiger charge is 2.54. The number of alkyl halides is 3. The molecule has 0 saturated carbocycles. The van der Waals surface area contributed by atoms with E-state index < -0.39 is 17.5 Å². The number of hydrogen-bond donors (Lipinski definition) is 2. The molecule has 23 heavy (non-hydrogen) atoms. The van der Waals surface area contributed by atoms with Crippen LogP contribution in [0, 0.1) is 0 Å². The normalized spacial score (nSPS) is 12.6. The van der Waals surface area contributed by atoms with Gasteiger partial charge in [-0.3, -0.25) is 15.0 Å². The zero-order valence-electron chi connectivity index (χ0n) is 11.5. The van der Waals surface area contributed by atoms with Crippen molar-refractivity contribution < 1.29 is 23.4 Å². The summed E-state index contributed by atoms with van der Waals surface area (Å²) in [6.45, 7) is 0. The summed E-state index contributed by atoms with van der Waals surface area (Å²) in [5.41, 5.74) is 1.10. The SMILES string of the molecule is OC(O)(c1ccnc(-c2ccc3nccnc3c2)c1)C(F)(F)F. The van der Waals surface area contributed by atoms with Crippen LogP contribution in [0.5, 0.6) is 0 Å². The van der Waals surface area contributed by atoms with E-state index in [4.69, 9.17) is 0 Å². The lowest BCUT2D eigenvalue weighted by Crippen LogP contribution is -2.42. The van der Waals surface area contributed by atoms with Crippen LogP contribution in [-0.2, 0) is 5.79 Å². The van der Waals surface area contributed by atoms with Gasteiger partial charge in [0, 0.05) is 29.7 Å². The molecule has 1 aromatic carbocycles. The van der Waals surface area contributed by atoms with Crippen molar-refractivity contribution >= 4 is 11.0 Å². The molecule has 5 nitrogen and oxygen atoms in total. The average Bonchev–Trinajstić information content (AvgIpc) is 2.53. The maximum Gasteiger partial charge on any atom is 0.447 e. The first-order valence-electron chi connectivity index (χ1n) is 6.48. The van der Waals surface area contributed by atoms with Crippen molar-refractivity contribution in [1.82, 2.24) is 15.0 Å². The summed E-state index contributed by atoms with van der Waals surface area (Å²) in [5, 5.41) is 18.7. The van der Waals surface area contributed by atoms with Crippen LogP contribution in [0.1, 0.15) is 5.56 Å². The van der Waals surface area contributed by atoms with Crippen LogP contribution >= 0.6 is 0 Å². The zero-order valence-corrected chi connectivity index (χ0v) is 11.5. The molecule has 0 fully saturated rings. The van der Waals surface area contributed by atoms with Crippen LogP contribution in [0.2, 0.25) is 0 Å². The van der Waals surface area contributed by atoms with Gasteiger partial charge in [0.25, 0.3) is 5.79 Å². The molecule has 0 unspecified atom stereocenters. The van der Waals surface area contributed by atoms with Gasteiger partial charge in [0.05, 0.1) is 16.7 Å². The topological polar surface area (TPSA) is 79.1 Å². The van der Waals surface area contributed by atoms with Crippen molar-refractivity contribution in [3.8, 4) is 11.3 Å². The van der Waals surface area contributed by atoms with E-state index in [9.17, 15) is 23.4 Å². The molecule has 0 aliphatic rings. The number of nitrogens with zero attached hydrogens (tertiary/aromatic N) is 3. The van der Waals surface area contributed by atoms with Crippen molar-refractivity contribution in [3.05, 3.63) is 54.5 Å². The molecule has 2 heterocycles. The average molecular weight is 321 g/mol. The van der Waals surface area contributed by atoms with Gasteiger partial charge < -0.3 is 10.2 Å². The second kappa shape index (κ2) is 5.25. The fourth-order valence-electron chi connectivity index (χ4n) is 2.09. The van der Waals surface area contributed by atoms with Gasteiger partial charge in [-0.05, 0) is 24.3 Å². The smallest absolute Gasteiger partial charge is 0.355 e. The number of hydrogen-bond acceptors (Lipinski definition) is 5. The van der Waals surface area contributed by atoms with Crippen LogP contribution in [-0.4, -0.2) is 31.3 Å².